The molecule has 1 amide bonds. The highest BCUT2D eigenvalue weighted by Gasteiger charge is 2.06. The monoisotopic (exact) mass is 301 g/mol. The number of carbonyl (C=O) groups excluding carboxylic acids is 1. The summed E-state index contributed by atoms with van der Waals surface area (Å²) in [5.74, 6) is 0.851. The number of nitrogens with one attached hydrogen (secondary N) is 3. The minimum atomic E-state index is -0.253. The van der Waals surface area contributed by atoms with Crippen LogP contribution in [0.1, 0.15) is 17.2 Å². The van der Waals surface area contributed by atoms with Crippen molar-refractivity contribution in [3.8, 4) is 0 Å². The van der Waals surface area contributed by atoms with Crippen molar-refractivity contribution in [3.05, 3.63) is 35.4 Å². The first kappa shape index (κ1) is 14.1. The zero-order valence-electron chi connectivity index (χ0n) is 12.0. The number of aryl methyl sites for hydroxylation is 1. The van der Waals surface area contributed by atoms with Crippen molar-refractivity contribution in [3.63, 3.8) is 0 Å². The summed E-state index contributed by atoms with van der Waals surface area (Å²) in [6.07, 6.45) is 0. The fraction of sp³-hybridized carbons (Fsp3) is 0.308. The van der Waals surface area contributed by atoms with Crippen molar-refractivity contribution in [2.75, 3.05) is 6.61 Å². The number of aromatic nitrogens is 6. The Balaban J connectivity index is 1.46. The van der Waals surface area contributed by atoms with Crippen LogP contribution in [-0.2, 0) is 22.7 Å². The van der Waals surface area contributed by atoms with Gasteiger partial charge in [0.05, 0.1) is 17.6 Å². The van der Waals surface area contributed by atoms with Crippen molar-refractivity contribution < 1.29 is 9.53 Å². The second-order valence-electron chi connectivity index (χ2n) is 4.80. The molecule has 3 N–H and O–H groups in total. The Morgan fingerprint density at radius 2 is 2.32 bits per heavy atom. The predicted molar refractivity (Wildman–Crippen MR) is 76.5 cm³/mol. The summed E-state index contributed by atoms with van der Waals surface area (Å²) in [5.41, 5.74) is 3.00. The molecule has 3 aromatic rings. The average Bonchev–Trinajstić information content (AvgIpc) is 3.13. The van der Waals surface area contributed by atoms with E-state index in [1.165, 1.54) is 0 Å². The van der Waals surface area contributed by atoms with Gasteiger partial charge in [-0.05, 0) is 24.6 Å². The summed E-state index contributed by atoms with van der Waals surface area (Å²) < 4.78 is 5.34. The molecule has 0 unspecified atom stereocenters. The van der Waals surface area contributed by atoms with Crippen molar-refractivity contribution in [2.24, 2.45) is 0 Å². The third-order valence-electron chi connectivity index (χ3n) is 2.99. The molecule has 22 heavy (non-hydrogen) atoms. The second-order valence-corrected chi connectivity index (χ2v) is 4.80. The smallest absolute Gasteiger partial charge is 0.246 e. The molecular weight excluding hydrogens is 286 g/mol. The lowest BCUT2D eigenvalue weighted by molar-refractivity contribution is -0.126. The first-order chi connectivity index (χ1) is 10.7. The number of fused-ring (bicyclic) bond motifs is 1. The third-order valence-corrected chi connectivity index (χ3v) is 2.99. The van der Waals surface area contributed by atoms with Crippen LogP contribution in [0.5, 0.6) is 0 Å². The average molecular weight is 301 g/mol. The van der Waals surface area contributed by atoms with E-state index in [4.69, 9.17) is 4.74 Å². The van der Waals surface area contributed by atoms with E-state index in [-0.39, 0.29) is 25.7 Å². The van der Waals surface area contributed by atoms with Crippen LogP contribution in [0.2, 0.25) is 0 Å². The molecule has 0 atom stereocenters. The minimum absolute atomic E-state index is 0.0616. The maximum atomic E-state index is 11.6. The summed E-state index contributed by atoms with van der Waals surface area (Å²) in [4.78, 5) is 19.1. The van der Waals surface area contributed by atoms with Gasteiger partial charge in [-0.25, -0.2) is 4.98 Å². The van der Waals surface area contributed by atoms with E-state index in [2.05, 4.69) is 35.9 Å². The lowest BCUT2D eigenvalue weighted by atomic mass is 10.2. The summed E-state index contributed by atoms with van der Waals surface area (Å²) >= 11 is 0. The number of benzene rings is 1. The highest BCUT2D eigenvalue weighted by molar-refractivity contribution is 5.77. The van der Waals surface area contributed by atoms with Crippen LogP contribution in [0, 0.1) is 6.92 Å². The fourth-order valence-corrected chi connectivity index (χ4v) is 1.97. The lowest BCUT2D eigenvalue weighted by Gasteiger charge is -2.02. The number of hydrogen-bond acceptors (Lipinski definition) is 6. The summed E-state index contributed by atoms with van der Waals surface area (Å²) in [6.45, 7) is 2.41. The van der Waals surface area contributed by atoms with Gasteiger partial charge in [-0.1, -0.05) is 11.3 Å². The van der Waals surface area contributed by atoms with E-state index in [0.717, 1.165) is 16.6 Å². The molecule has 0 fully saturated rings. The summed E-state index contributed by atoms with van der Waals surface area (Å²) in [5, 5.41) is 15.8. The zero-order valence-corrected chi connectivity index (χ0v) is 12.0. The van der Waals surface area contributed by atoms with E-state index >= 15 is 0 Å². The molecule has 114 valence electrons. The number of amides is 1. The molecule has 0 saturated carbocycles. The summed E-state index contributed by atoms with van der Waals surface area (Å²) in [7, 11) is 0. The first-order valence-electron chi connectivity index (χ1n) is 6.73. The van der Waals surface area contributed by atoms with Gasteiger partial charge in [-0.3, -0.25) is 4.79 Å². The van der Waals surface area contributed by atoms with Crippen molar-refractivity contribution >= 4 is 16.9 Å². The topological polar surface area (TPSA) is 121 Å². The van der Waals surface area contributed by atoms with Gasteiger partial charge < -0.3 is 15.0 Å². The molecular formula is C13H15N7O2. The normalized spacial score (nSPS) is 11.0. The Morgan fingerprint density at radius 3 is 3.14 bits per heavy atom. The fourth-order valence-electron chi connectivity index (χ4n) is 1.97. The Labute approximate surface area is 125 Å². The van der Waals surface area contributed by atoms with E-state index < -0.39 is 0 Å². The third kappa shape index (κ3) is 3.44. The highest BCUT2D eigenvalue weighted by Crippen LogP contribution is 2.13. The van der Waals surface area contributed by atoms with E-state index in [1.807, 2.05) is 25.1 Å². The molecule has 0 bridgehead atoms. The Hall–Kier alpha value is -2.81. The molecule has 0 radical (unpaired) electrons. The molecule has 3 rings (SSSR count). The Bertz CT molecular complexity index is 766. The van der Waals surface area contributed by atoms with Gasteiger partial charge in [0.25, 0.3) is 0 Å². The molecule has 0 aliphatic rings. The maximum absolute atomic E-state index is 11.6. The van der Waals surface area contributed by atoms with Crippen LogP contribution >= 0.6 is 0 Å². The van der Waals surface area contributed by atoms with E-state index in [9.17, 15) is 4.79 Å². The van der Waals surface area contributed by atoms with Crippen LogP contribution in [0.25, 0.3) is 11.0 Å². The number of rotatable bonds is 6. The van der Waals surface area contributed by atoms with Gasteiger partial charge in [0.1, 0.15) is 19.0 Å². The van der Waals surface area contributed by atoms with Gasteiger partial charge in [0.15, 0.2) is 5.82 Å². The van der Waals surface area contributed by atoms with Crippen LogP contribution in [0.3, 0.4) is 0 Å². The molecule has 9 nitrogen and oxygen atoms in total. The zero-order chi connectivity index (χ0) is 15.4. The standard InChI is InChI=1S/C13H15N7O2/c1-8-2-3-9-10(4-8)16-12(15-9)6-22-7-13(21)14-5-11-17-19-20-18-11/h2-4H,5-7H2,1H3,(H,14,21)(H,15,16)(H,17,18,19,20). The minimum Gasteiger partial charge on any atom is -0.364 e. The number of aromatic amines is 2. The molecule has 0 spiro atoms. The largest absolute Gasteiger partial charge is 0.364 e. The second kappa shape index (κ2) is 6.31. The molecule has 0 saturated heterocycles. The van der Waals surface area contributed by atoms with Crippen molar-refractivity contribution in [1.82, 2.24) is 35.9 Å². The molecule has 0 aliphatic heterocycles. The molecule has 9 heteroatoms. The number of carbonyl (C=O) groups is 1. The van der Waals surface area contributed by atoms with Gasteiger partial charge in [0, 0.05) is 0 Å². The first-order valence-corrected chi connectivity index (χ1v) is 6.73. The van der Waals surface area contributed by atoms with Crippen LogP contribution in [-0.4, -0.2) is 43.1 Å². The Morgan fingerprint density at radius 1 is 1.41 bits per heavy atom. The van der Waals surface area contributed by atoms with Crippen molar-refractivity contribution in [1.29, 1.82) is 0 Å². The highest BCUT2D eigenvalue weighted by atomic mass is 16.5. The Kier molecular flexibility index (Phi) is 4.05. The maximum Gasteiger partial charge on any atom is 0.246 e. The lowest BCUT2D eigenvalue weighted by Crippen LogP contribution is -2.27. The van der Waals surface area contributed by atoms with Crippen LogP contribution in [0.15, 0.2) is 18.2 Å². The molecule has 0 aliphatic carbocycles. The number of H-pyrrole nitrogens is 2. The van der Waals surface area contributed by atoms with Gasteiger partial charge in [-0.2, -0.15) is 5.21 Å². The number of nitrogens with zero attached hydrogens (tertiary/aromatic N) is 4. The molecule has 1 aromatic carbocycles. The number of imidazole rings is 1. The number of ether oxygens (including phenoxy) is 1. The van der Waals surface area contributed by atoms with Crippen LogP contribution < -0.4 is 5.32 Å². The van der Waals surface area contributed by atoms with E-state index in [1.54, 1.807) is 0 Å². The number of hydrogen-bond donors (Lipinski definition) is 3. The number of tetrazole rings is 1. The van der Waals surface area contributed by atoms with Crippen molar-refractivity contribution in [2.45, 2.75) is 20.1 Å². The predicted octanol–water partition coefficient (Wildman–Crippen LogP) is 0.217. The van der Waals surface area contributed by atoms with Gasteiger partial charge in [-0.15, -0.1) is 10.2 Å². The summed E-state index contributed by atoms with van der Waals surface area (Å²) in [6, 6.07) is 5.96. The SMILES string of the molecule is Cc1ccc2nc(COCC(=O)NCc3nn[nH]n3)[nH]c2c1. The van der Waals surface area contributed by atoms with E-state index in [0.29, 0.717) is 11.6 Å². The van der Waals surface area contributed by atoms with Crippen LogP contribution in [0.4, 0.5) is 0 Å². The van der Waals surface area contributed by atoms with Gasteiger partial charge in [0.2, 0.25) is 5.91 Å². The molecule has 2 aromatic heterocycles. The quantitative estimate of drug-likeness (QED) is 0.598. The van der Waals surface area contributed by atoms with Gasteiger partial charge >= 0.3 is 0 Å². The molecule has 2 heterocycles.